The van der Waals surface area contributed by atoms with E-state index in [-0.39, 0.29) is 23.7 Å². The van der Waals surface area contributed by atoms with E-state index in [2.05, 4.69) is 33.0 Å². The molecule has 0 saturated heterocycles. The molecule has 0 amide bonds. The van der Waals surface area contributed by atoms with E-state index >= 15 is 0 Å². The minimum Gasteiger partial charge on any atom is -0.464 e. The molecule has 0 saturated carbocycles. The highest BCUT2D eigenvalue weighted by molar-refractivity contribution is 5.75. The lowest BCUT2D eigenvalue weighted by molar-refractivity contribution is -0.153. The number of carbonyl (C=O) groups excluding carboxylic acids is 1. The third kappa shape index (κ3) is 3.70. The first-order valence-corrected chi connectivity index (χ1v) is 11.5. The van der Waals surface area contributed by atoms with E-state index in [4.69, 9.17) is 9.84 Å². The minimum atomic E-state index is -0.540. The number of hydrogen-bond donors (Lipinski definition) is 1. The summed E-state index contributed by atoms with van der Waals surface area (Å²) in [6, 6.07) is 5.61. The van der Waals surface area contributed by atoms with Crippen molar-refractivity contribution in [1.29, 1.82) is 5.26 Å². The van der Waals surface area contributed by atoms with Crippen molar-refractivity contribution in [3.8, 4) is 6.07 Å². The Morgan fingerprint density at radius 2 is 2.18 bits per heavy atom. The number of aromatic nitrogens is 4. The SMILES string of the molecule is C[C@@H]1CN(c2ccc(C#N)n3ncc(F)c23)Cc2c3c(nn21)CN[C@H](COC(=O)C(C)(C)C)C3. The lowest BCUT2D eigenvalue weighted by Crippen LogP contribution is -2.41. The van der Waals surface area contributed by atoms with Gasteiger partial charge in [-0.25, -0.2) is 8.91 Å². The Kier molecular flexibility index (Phi) is 5.32. The van der Waals surface area contributed by atoms with Gasteiger partial charge in [0.15, 0.2) is 5.82 Å². The van der Waals surface area contributed by atoms with Crippen molar-refractivity contribution >= 4 is 17.2 Å². The molecule has 0 fully saturated rings. The molecule has 0 radical (unpaired) electrons. The van der Waals surface area contributed by atoms with Crippen LogP contribution in [0.15, 0.2) is 18.3 Å². The number of halogens is 1. The summed E-state index contributed by atoms with van der Waals surface area (Å²) < 4.78 is 23.7. The maximum atomic E-state index is 14.7. The number of rotatable bonds is 3. The Morgan fingerprint density at radius 3 is 2.91 bits per heavy atom. The second kappa shape index (κ2) is 8.09. The number of nitrogens with zero attached hydrogens (tertiary/aromatic N) is 6. The van der Waals surface area contributed by atoms with E-state index in [1.165, 1.54) is 4.52 Å². The summed E-state index contributed by atoms with van der Waals surface area (Å²) >= 11 is 0. The van der Waals surface area contributed by atoms with Gasteiger partial charge in [0.1, 0.15) is 23.9 Å². The van der Waals surface area contributed by atoms with Crippen molar-refractivity contribution in [2.75, 3.05) is 18.1 Å². The molecule has 178 valence electrons. The molecule has 5 rings (SSSR count). The Labute approximate surface area is 197 Å². The van der Waals surface area contributed by atoms with Gasteiger partial charge in [0.05, 0.1) is 41.3 Å². The van der Waals surface area contributed by atoms with Crippen LogP contribution in [0.1, 0.15) is 56.4 Å². The van der Waals surface area contributed by atoms with Crippen LogP contribution < -0.4 is 10.2 Å². The Bertz CT molecular complexity index is 1310. The smallest absolute Gasteiger partial charge is 0.311 e. The Balaban J connectivity index is 1.43. The predicted octanol–water partition coefficient (Wildman–Crippen LogP) is 2.73. The van der Waals surface area contributed by atoms with E-state index in [0.29, 0.717) is 43.9 Å². The highest BCUT2D eigenvalue weighted by Gasteiger charge is 2.33. The molecular formula is C24H28FN7O2. The summed E-state index contributed by atoms with van der Waals surface area (Å²) in [6.07, 6.45) is 1.85. The van der Waals surface area contributed by atoms with Crippen molar-refractivity contribution in [1.82, 2.24) is 24.7 Å². The zero-order valence-electron chi connectivity index (χ0n) is 19.8. The summed E-state index contributed by atoms with van der Waals surface area (Å²) in [5.74, 6) is -0.671. The van der Waals surface area contributed by atoms with Gasteiger partial charge in [-0.2, -0.15) is 15.5 Å². The van der Waals surface area contributed by atoms with Crippen LogP contribution in [0, 0.1) is 22.6 Å². The number of pyridine rings is 1. The predicted molar refractivity (Wildman–Crippen MR) is 123 cm³/mol. The van der Waals surface area contributed by atoms with Crippen LogP contribution in [0.5, 0.6) is 0 Å². The lowest BCUT2D eigenvalue weighted by atomic mass is 9.96. The number of nitrogens with one attached hydrogen (secondary N) is 1. The van der Waals surface area contributed by atoms with Crippen molar-refractivity contribution in [3.05, 3.63) is 46.8 Å². The third-order valence-corrected chi connectivity index (χ3v) is 6.53. The average molecular weight is 466 g/mol. The second-order valence-corrected chi connectivity index (χ2v) is 10.1. The van der Waals surface area contributed by atoms with Gasteiger partial charge in [0.25, 0.3) is 0 Å². The van der Waals surface area contributed by atoms with Crippen LogP contribution in [0.25, 0.3) is 5.52 Å². The molecule has 0 aromatic carbocycles. The first-order chi connectivity index (χ1) is 16.2. The molecule has 0 unspecified atom stereocenters. The second-order valence-electron chi connectivity index (χ2n) is 10.1. The van der Waals surface area contributed by atoms with Gasteiger partial charge in [-0.05, 0) is 46.2 Å². The summed E-state index contributed by atoms with van der Waals surface area (Å²) in [6.45, 7) is 9.75. The van der Waals surface area contributed by atoms with E-state index < -0.39 is 11.2 Å². The average Bonchev–Trinajstić information content (AvgIpc) is 3.37. The summed E-state index contributed by atoms with van der Waals surface area (Å²) in [5.41, 5.74) is 4.00. The monoisotopic (exact) mass is 465 g/mol. The summed E-state index contributed by atoms with van der Waals surface area (Å²) in [5, 5.41) is 21.7. The maximum Gasteiger partial charge on any atom is 0.311 e. The molecule has 3 aromatic rings. The number of nitriles is 1. The fourth-order valence-electron chi connectivity index (χ4n) is 4.75. The van der Waals surface area contributed by atoms with Crippen molar-refractivity contribution < 1.29 is 13.9 Å². The van der Waals surface area contributed by atoms with Gasteiger partial charge < -0.3 is 15.0 Å². The Morgan fingerprint density at radius 1 is 1.38 bits per heavy atom. The van der Waals surface area contributed by atoms with E-state index in [9.17, 15) is 14.4 Å². The van der Waals surface area contributed by atoms with E-state index in [1.807, 2.05) is 20.8 Å². The molecule has 9 nitrogen and oxygen atoms in total. The number of ether oxygens (including phenoxy) is 1. The van der Waals surface area contributed by atoms with Gasteiger partial charge in [-0.3, -0.25) is 9.48 Å². The van der Waals surface area contributed by atoms with Gasteiger partial charge in [-0.15, -0.1) is 0 Å². The number of fused-ring (bicyclic) bond motifs is 4. The lowest BCUT2D eigenvalue weighted by Gasteiger charge is -2.35. The largest absolute Gasteiger partial charge is 0.464 e. The molecular weight excluding hydrogens is 437 g/mol. The summed E-state index contributed by atoms with van der Waals surface area (Å²) in [4.78, 5) is 14.3. The van der Waals surface area contributed by atoms with Gasteiger partial charge in [0, 0.05) is 24.7 Å². The molecule has 34 heavy (non-hydrogen) atoms. The van der Waals surface area contributed by atoms with Gasteiger partial charge in [-0.1, -0.05) is 0 Å². The fraction of sp³-hybridized carbons (Fsp3) is 0.500. The Hall–Kier alpha value is -3.45. The van der Waals surface area contributed by atoms with Gasteiger partial charge >= 0.3 is 5.97 Å². The first-order valence-electron chi connectivity index (χ1n) is 11.5. The van der Waals surface area contributed by atoms with Crippen LogP contribution in [-0.2, 0) is 29.0 Å². The first kappa shape index (κ1) is 22.3. The highest BCUT2D eigenvalue weighted by atomic mass is 19.1. The van der Waals surface area contributed by atoms with Crippen LogP contribution in [0.3, 0.4) is 0 Å². The quantitative estimate of drug-likeness (QED) is 0.594. The standard InChI is InChI=1S/C24H28FN7O2/c1-14-11-30(20-6-5-16(8-26)32-22(20)18(25)9-28-32)12-21-17-7-15(13-34-23(33)24(2,3)4)27-10-19(17)29-31(14)21/h5-6,9,14-15,27H,7,10-13H2,1-4H3/t14-,15+/m1/s1. The molecule has 2 atom stereocenters. The molecule has 1 N–H and O–H groups in total. The molecule has 0 aliphatic carbocycles. The number of carbonyl (C=O) groups is 1. The minimum absolute atomic E-state index is 0.00674. The van der Waals surface area contributed by atoms with Crippen LogP contribution in [-0.4, -0.2) is 44.6 Å². The van der Waals surface area contributed by atoms with Crippen molar-refractivity contribution in [3.63, 3.8) is 0 Å². The molecule has 2 aliphatic rings. The fourth-order valence-corrected chi connectivity index (χ4v) is 4.75. The normalized spacial score (nSPS) is 20.1. The number of hydrogen-bond acceptors (Lipinski definition) is 7. The maximum absolute atomic E-state index is 14.7. The van der Waals surface area contributed by atoms with Gasteiger partial charge in [0.2, 0.25) is 0 Å². The van der Waals surface area contributed by atoms with Crippen LogP contribution >= 0.6 is 0 Å². The molecule has 5 heterocycles. The topological polar surface area (TPSA) is 100 Å². The number of anilines is 1. The third-order valence-electron chi connectivity index (χ3n) is 6.53. The number of esters is 1. The van der Waals surface area contributed by atoms with E-state index in [1.54, 1.807) is 12.1 Å². The summed E-state index contributed by atoms with van der Waals surface area (Å²) in [7, 11) is 0. The zero-order valence-corrected chi connectivity index (χ0v) is 19.8. The van der Waals surface area contributed by atoms with Crippen LogP contribution in [0.4, 0.5) is 10.1 Å². The molecule has 0 bridgehead atoms. The molecule has 3 aromatic heterocycles. The van der Waals surface area contributed by atoms with Crippen molar-refractivity contribution in [2.45, 2.75) is 59.3 Å². The molecule has 10 heteroatoms. The highest BCUT2D eigenvalue weighted by Crippen LogP contribution is 2.34. The van der Waals surface area contributed by atoms with Crippen LogP contribution in [0.2, 0.25) is 0 Å². The molecule has 0 spiro atoms. The van der Waals surface area contributed by atoms with Crippen molar-refractivity contribution in [2.24, 2.45) is 5.41 Å². The molecule has 2 aliphatic heterocycles. The zero-order chi connectivity index (χ0) is 24.2. The van der Waals surface area contributed by atoms with E-state index in [0.717, 1.165) is 23.1 Å².